The Morgan fingerprint density at radius 2 is 1.88 bits per heavy atom. The summed E-state index contributed by atoms with van der Waals surface area (Å²) in [5.41, 5.74) is 0.650. The van der Waals surface area contributed by atoms with Crippen molar-refractivity contribution in [3.05, 3.63) is 23.8 Å². The number of ether oxygens (including phenoxy) is 2. The van der Waals surface area contributed by atoms with Crippen LogP contribution < -0.4 is 9.47 Å². The van der Waals surface area contributed by atoms with Gasteiger partial charge in [0.15, 0.2) is 17.3 Å². The number of alkyl halides is 1. The molecule has 0 fully saturated rings. The highest BCUT2D eigenvalue weighted by atomic mass is 35.5. The van der Waals surface area contributed by atoms with Crippen molar-refractivity contribution in [2.24, 2.45) is 0 Å². The fourth-order valence-electron chi connectivity index (χ4n) is 1.53. The van der Waals surface area contributed by atoms with Gasteiger partial charge in [0.05, 0.1) is 14.2 Å². The molecule has 4 heteroatoms. The van der Waals surface area contributed by atoms with Gasteiger partial charge in [0, 0.05) is 17.9 Å². The van der Waals surface area contributed by atoms with Crippen molar-refractivity contribution in [3.63, 3.8) is 0 Å². The minimum atomic E-state index is 0.107. The van der Waals surface area contributed by atoms with Gasteiger partial charge in [-0.1, -0.05) is 0 Å². The first kappa shape index (κ1) is 13.8. The Morgan fingerprint density at radius 1 is 1.18 bits per heavy atom. The fraction of sp³-hybridized carbons (Fsp3) is 0.462. The molecule has 0 atom stereocenters. The lowest BCUT2D eigenvalue weighted by molar-refractivity contribution is 0.0979. The SMILES string of the molecule is COc1ccc(C(=O)CCCCCl)cc1OC. The van der Waals surface area contributed by atoms with Crippen LogP contribution in [0.5, 0.6) is 11.5 Å². The lowest BCUT2D eigenvalue weighted by Crippen LogP contribution is -2.00. The van der Waals surface area contributed by atoms with E-state index in [-0.39, 0.29) is 5.78 Å². The van der Waals surface area contributed by atoms with E-state index in [1.54, 1.807) is 32.4 Å². The number of ketones is 1. The molecule has 1 rings (SSSR count). The van der Waals surface area contributed by atoms with E-state index in [2.05, 4.69) is 0 Å². The van der Waals surface area contributed by atoms with Crippen molar-refractivity contribution >= 4 is 17.4 Å². The molecule has 0 amide bonds. The van der Waals surface area contributed by atoms with Crippen LogP contribution in [-0.4, -0.2) is 25.9 Å². The Hall–Kier alpha value is -1.22. The minimum Gasteiger partial charge on any atom is -0.493 e. The van der Waals surface area contributed by atoms with Crippen molar-refractivity contribution in [1.82, 2.24) is 0 Å². The number of benzene rings is 1. The first-order valence-corrected chi connectivity index (χ1v) is 6.07. The zero-order valence-corrected chi connectivity index (χ0v) is 10.9. The molecule has 17 heavy (non-hydrogen) atoms. The third-order valence-corrected chi connectivity index (χ3v) is 2.76. The molecule has 1 aromatic carbocycles. The summed E-state index contributed by atoms with van der Waals surface area (Å²) in [5, 5.41) is 0. The average molecular weight is 257 g/mol. The van der Waals surface area contributed by atoms with E-state index in [1.165, 1.54) is 0 Å². The summed E-state index contributed by atoms with van der Waals surface area (Å²) in [7, 11) is 3.12. The van der Waals surface area contributed by atoms with Gasteiger partial charge in [-0.05, 0) is 31.0 Å². The molecule has 0 heterocycles. The van der Waals surface area contributed by atoms with Crippen LogP contribution in [0.1, 0.15) is 29.6 Å². The molecule has 0 saturated heterocycles. The van der Waals surface area contributed by atoms with Crippen LogP contribution in [-0.2, 0) is 0 Å². The van der Waals surface area contributed by atoms with E-state index < -0.39 is 0 Å². The number of carbonyl (C=O) groups is 1. The maximum absolute atomic E-state index is 11.8. The topological polar surface area (TPSA) is 35.5 Å². The Balaban J connectivity index is 2.74. The molecular weight excluding hydrogens is 240 g/mol. The third kappa shape index (κ3) is 3.93. The number of Topliss-reactive ketones (excluding diaryl/α,β-unsaturated/α-hetero) is 1. The number of rotatable bonds is 7. The number of hydrogen-bond donors (Lipinski definition) is 0. The van der Waals surface area contributed by atoms with E-state index in [1.807, 2.05) is 0 Å². The van der Waals surface area contributed by atoms with E-state index in [0.717, 1.165) is 12.8 Å². The molecule has 0 spiro atoms. The van der Waals surface area contributed by atoms with Gasteiger partial charge in [-0.15, -0.1) is 11.6 Å². The summed E-state index contributed by atoms with van der Waals surface area (Å²) >= 11 is 5.57. The third-order valence-electron chi connectivity index (χ3n) is 2.49. The maximum Gasteiger partial charge on any atom is 0.163 e. The second kappa shape index (κ2) is 7.17. The molecule has 3 nitrogen and oxygen atoms in total. The largest absolute Gasteiger partial charge is 0.493 e. The van der Waals surface area contributed by atoms with Crippen LogP contribution in [0.4, 0.5) is 0 Å². The predicted molar refractivity (Wildman–Crippen MR) is 68.4 cm³/mol. The summed E-state index contributed by atoms with van der Waals surface area (Å²) in [5.74, 6) is 1.91. The summed E-state index contributed by atoms with van der Waals surface area (Å²) in [4.78, 5) is 11.8. The van der Waals surface area contributed by atoms with Crippen LogP contribution in [0, 0.1) is 0 Å². The number of halogens is 1. The highest BCUT2D eigenvalue weighted by Crippen LogP contribution is 2.28. The van der Waals surface area contributed by atoms with Crippen LogP contribution in [0.2, 0.25) is 0 Å². The summed E-state index contributed by atoms with van der Waals surface area (Å²) in [6, 6.07) is 5.21. The van der Waals surface area contributed by atoms with Crippen LogP contribution in [0.15, 0.2) is 18.2 Å². The van der Waals surface area contributed by atoms with Gasteiger partial charge < -0.3 is 9.47 Å². The van der Waals surface area contributed by atoms with E-state index in [0.29, 0.717) is 29.4 Å². The number of carbonyl (C=O) groups excluding carboxylic acids is 1. The Morgan fingerprint density at radius 3 is 2.47 bits per heavy atom. The molecule has 0 radical (unpaired) electrons. The van der Waals surface area contributed by atoms with Gasteiger partial charge in [0.1, 0.15) is 0 Å². The fourth-order valence-corrected chi connectivity index (χ4v) is 1.72. The molecule has 0 aliphatic carbocycles. The monoisotopic (exact) mass is 256 g/mol. The first-order valence-electron chi connectivity index (χ1n) is 5.54. The van der Waals surface area contributed by atoms with Gasteiger partial charge in [0.2, 0.25) is 0 Å². The zero-order valence-electron chi connectivity index (χ0n) is 10.2. The maximum atomic E-state index is 11.8. The van der Waals surface area contributed by atoms with Crippen molar-refractivity contribution in [1.29, 1.82) is 0 Å². The second-order valence-corrected chi connectivity index (χ2v) is 4.02. The normalized spacial score (nSPS) is 10.1. The van der Waals surface area contributed by atoms with Gasteiger partial charge in [-0.3, -0.25) is 4.79 Å². The lowest BCUT2D eigenvalue weighted by Gasteiger charge is -2.08. The molecule has 0 unspecified atom stereocenters. The molecular formula is C13H17ClO3. The van der Waals surface area contributed by atoms with Crippen LogP contribution in [0.3, 0.4) is 0 Å². The van der Waals surface area contributed by atoms with Crippen molar-refractivity contribution in [3.8, 4) is 11.5 Å². The van der Waals surface area contributed by atoms with Crippen molar-refractivity contribution < 1.29 is 14.3 Å². The highest BCUT2D eigenvalue weighted by molar-refractivity contribution is 6.17. The Kier molecular flexibility index (Phi) is 5.84. The molecule has 0 aliphatic rings. The molecule has 0 N–H and O–H groups in total. The molecule has 94 valence electrons. The number of methoxy groups -OCH3 is 2. The smallest absolute Gasteiger partial charge is 0.163 e. The first-order chi connectivity index (χ1) is 8.22. The van der Waals surface area contributed by atoms with Crippen molar-refractivity contribution in [2.75, 3.05) is 20.1 Å². The van der Waals surface area contributed by atoms with E-state index in [9.17, 15) is 4.79 Å². The van der Waals surface area contributed by atoms with E-state index >= 15 is 0 Å². The van der Waals surface area contributed by atoms with E-state index in [4.69, 9.17) is 21.1 Å². The summed E-state index contributed by atoms with van der Waals surface area (Å²) in [6.45, 7) is 0. The predicted octanol–water partition coefficient (Wildman–Crippen LogP) is 3.30. The van der Waals surface area contributed by atoms with Crippen molar-refractivity contribution in [2.45, 2.75) is 19.3 Å². The molecule has 0 aromatic heterocycles. The molecule has 0 aliphatic heterocycles. The summed E-state index contributed by atoms with van der Waals surface area (Å²) in [6.07, 6.45) is 2.19. The standard InChI is InChI=1S/C13H17ClO3/c1-16-12-7-6-10(9-13(12)17-2)11(15)5-3-4-8-14/h6-7,9H,3-5,8H2,1-2H3. The van der Waals surface area contributed by atoms with Gasteiger partial charge >= 0.3 is 0 Å². The number of unbranched alkanes of at least 4 members (excludes halogenated alkanes) is 1. The second-order valence-electron chi connectivity index (χ2n) is 3.64. The molecule has 0 saturated carbocycles. The average Bonchev–Trinajstić information content (AvgIpc) is 2.38. The zero-order chi connectivity index (χ0) is 12.7. The Bertz CT molecular complexity index is 377. The summed E-state index contributed by atoms with van der Waals surface area (Å²) < 4.78 is 10.3. The van der Waals surface area contributed by atoms with Gasteiger partial charge in [-0.2, -0.15) is 0 Å². The lowest BCUT2D eigenvalue weighted by atomic mass is 10.1. The van der Waals surface area contributed by atoms with Crippen LogP contribution >= 0.6 is 11.6 Å². The molecule has 0 bridgehead atoms. The Labute approximate surface area is 107 Å². The van der Waals surface area contributed by atoms with Gasteiger partial charge in [0.25, 0.3) is 0 Å². The van der Waals surface area contributed by atoms with Crippen LogP contribution in [0.25, 0.3) is 0 Å². The number of hydrogen-bond acceptors (Lipinski definition) is 3. The molecule has 1 aromatic rings. The minimum absolute atomic E-state index is 0.107. The quantitative estimate of drug-likeness (QED) is 0.427. The van der Waals surface area contributed by atoms with Gasteiger partial charge in [-0.25, -0.2) is 0 Å². The highest BCUT2D eigenvalue weighted by Gasteiger charge is 2.10.